The molecule has 0 aliphatic carbocycles. The molecule has 0 N–H and O–H groups in total. The van der Waals surface area contributed by atoms with E-state index in [9.17, 15) is 4.79 Å². The lowest BCUT2D eigenvalue weighted by molar-refractivity contribution is 0.0754. The summed E-state index contributed by atoms with van der Waals surface area (Å²) in [5, 5.41) is 0. The van der Waals surface area contributed by atoms with Crippen LogP contribution in [0.2, 0.25) is 0 Å². The number of aryl methyl sites for hydroxylation is 1. The molecule has 0 fully saturated rings. The Balaban J connectivity index is 2.68. The summed E-state index contributed by atoms with van der Waals surface area (Å²) in [7, 11) is 4.04. The van der Waals surface area contributed by atoms with Crippen LogP contribution in [0.4, 0.5) is 0 Å². The van der Waals surface area contributed by atoms with Crippen LogP contribution < -0.4 is 0 Å². The van der Waals surface area contributed by atoms with E-state index in [0.717, 1.165) is 25.2 Å². The molecule has 1 amide bonds. The summed E-state index contributed by atoms with van der Waals surface area (Å²) >= 11 is 0. The van der Waals surface area contributed by atoms with Crippen molar-refractivity contribution in [1.82, 2.24) is 9.80 Å². The Labute approximate surface area is 104 Å². The zero-order valence-corrected chi connectivity index (χ0v) is 11.2. The Hall–Kier alpha value is -1.35. The molecule has 3 heteroatoms. The van der Waals surface area contributed by atoms with Crippen LogP contribution in [-0.4, -0.2) is 49.4 Å². The third kappa shape index (κ3) is 4.19. The number of hydrogen-bond donors (Lipinski definition) is 0. The van der Waals surface area contributed by atoms with E-state index in [1.807, 2.05) is 57.1 Å². The molecule has 0 saturated heterocycles. The summed E-state index contributed by atoms with van der Waals surface area (Å²) in [6.07, 6.45) is 0. The fourth-order valence-electron chi connectivity index (χ4n) is 1.60. The largest absolute Gasteiger partial charge is 0.338 e. The van der Waals surface area contributed by atoms with Gasteiger partial charge in [-0.15, -0.1) is 0 Å². The van der Waals surface area contributed by atoms with Crippen LogP contribution in [0.15, 0.2) is 24.3 Å². The van der Waals surface area contributed by atoms with Crippen LogP contribution in [0.1, 0.15) is 22.8 Å². The van der Waals surface area contributed by atoms with Crippen molar-refractivity contribution in [1.29, 1.82) is 0 Å². The van der Waals surface area contributed by atoms with Crippen LogP contribution in [0.5, 0.6) is 0 Å². The van der Waals surface area contributed by atoms with E-state index >= 15 is 0 Å². The van der Waals surface area contributed by atoms with Gasteiger partial charge >= 0.3 is 0 Å². The molecule has 0 heterocycles. The second-order valence-electron chi connectivity index (χ2n) is 4.55. The van der Waals surface area contributed by atoms with Crippen molar-refractivity contribution in [2.24, 2.45) is 0 Å². The molecule has 0 unspecified atom stereocenters. The maximum Gasteiger partial charge on any atom is 0.253 e. The monoisotopic (exact) mass is 234 g/mol. The predicted molar refractivity (Wildman–Crippen MR) is 71.3 cm³/mol. The molecule has 0 aromatic heterocycles. The molecule has 17 heavy (non-hydrogen) atoms. The summed E-state index contributed by atoms with van der Waals surface area (Å²) in [5.74, 6) is 0.120. The average Bonchev–Trinajstić information content (AvgIpc) is 2.30. The highest BCUT2D eigenvalue weighted by Gasteiger charge is 2.13. The topological polar surface area (TPSA) is 23.6 Å². The van der Waals surface area contributed by atoms with Gasteiger partial charge in [0.15, 0.2) is 0 Å². The van der Waals surface area contributed by atoms with Crippen molar-refractivity contribution in [2.75, 3.05) is 33.7 Å². The number of likely N-dealkylation sites (N-methyl/N-ethyl adjacent to an activating group) is 2. The summed E-state index contributed by atoms with van der Waals surface area (Å²) in [6, 6.07) is 7.76. The van der Waals surface area contributed by atoms with Gasteiger partial charge in [-0.25, -0.2) is 0 Å². The van der Waals surface area contributed by atoms with Crippen molar-refractivity contribution in [3.8, 4) is 0 Å². The molecule has 0 spiro atoms. The fraction of sp³-hybridized carbons (Fsp3) is 0.500. The molecule has 1 aromatic rings. The van der Waals surface area contributed by atoms with Crippen LogP contribution in [0.3, 0.4) is 0 Å². The molecule has 1 aromatic carbocycles. The van der Waals surface area contributed by atoms with Gasteiger partial charge in [0.1, 0.15) is 0 Å². The van der Waals surface area contributed by atoms with Crippen LogP contribution in [0, 0.1) is 6.92 Å². The van der Waals surface area contributed by atoms with Gasteiger partial charge in [0, 0.05) is 25.2 Å². The summed E-state index contributed by atoms with van der Waals surface area (Å²) in [4.78, 5) is 16.2. The minimum atomic E-state index is 0.120. The molecule has 0 saturated carbocycles. The molecular formula is C14H22N2O. The molecule has 0 atom stereocenters. The second kappa shape index (κ2) is 6.40. The summed E-state index contributed by atoms with van der Waals surface area (Å²) in [5.41, 5.74) is 1.95. The molecule has 3 nitrogen and oxygen atoms in total. The highest BCUT2D eigenvalue weighted by Crippen LogP contribution is 2.07. The summed E-state index contributed by atoms with van der Waals surface area (Å²) < 4.78 is 0. The Kier molecular flexibility index (Phi) is 5.16. The number of rotatable bonds is 5. The van der Waals surface area contributed by atoms with Gasteiger partial charge < -0.3 is 9.80 Å². The van der Waals surface area contributed by atoms with E-state index in [2.05, 4.69) is 4.90 Å². The summed E-state index contributed by atoms with van der Waals surface area (Å²) in [6.45, 7) is 6.46. The number of nitrogens with zero attached hydrogens (tertiary/aromatic N) is 2. The van der Waals surface area contributed by atoms with E-state index in [1.54, 1.807) is 0 Å². The van der Waals surface area contributed by atoms with Gasteiger partial charge in [-0.2, -0.15) is 0 Å². The van der Waals surface area contributed by atoms with Crippen LogP contribution in [0.25, 0.3) is 0 Å². The van der Waals surface area contributed by atoms with Crippen molar-refractivity contribution >= 4 is 5.91 Å². The Morgan fingerprint density at radius 2 is 1.71 bits per heavy atom. The van der Waals surface area contributed by atoms with Gasteiger partial charge in [-0.1, -0.05) is 17.7 Å². The van der Waals surface area contributed by atoms with Gasteiger partial charge in [0.2, 0.25) is 0 Å². The number of amides is 1. The van der Waals surface area contributed by atoms with Crippen LogP contribution in [-0.2, 0) is 0 Å². The zero-order valence-electron chi connectivity index (χ0n) is 11.2. The van der Waals surface area contributed by atoms with Gasteiger partial charge in [0.25, 0.3) is 5.91 Å². The molecule has 0 aliphatic rings. The smallest absolute Gasteiger partial charge is 0.253 e. The average molecular weight is 234 g/mol. The van der Waals surface area contributed by atoms with Crippen molar-refractivity contribution < 1.29 is 4.79 Å². The van der Waals surface area contributed by atoms with E-state index in [1.165, 1.54) is 5.56 Å². The van der Waals surface area contributed by atoms with Gasteiger partial charge in [-0.05, 0) is 40.1 Å². The number of carbonyl (C=O) groups is 1. The first-order valence-corrected chi connectivity index (χ1v) is 6.05. The molecule has 0 aliphatic heterocycles. The number of hydrogen-bond acceptors (Lipinski definition) is 2. The molecule has 94 valence electrons. The van der Waals surface area contributed by atoms with Gasteiger partial charge in [0.05, 0.1) is 0 Å². The molecule has 0 radical (unpaired) electrons. The zero-order chi connectivity index (χ0) is 12.8. The second-order valence-corrected chi connectivity index (χ2v) is 4.55. The first-order chi connectivity index (χ1) is 8.04. The lowest BCUT2D eigenvalue weighted by Crippen LogP contribution is -2.36. The van der Waals surface area contributed by atoms with Gasteiger partial charge in [-0.3, -0.25) is 4.79 Å². The van der Waals surface area contributed by atoms with Crippen LogP contribution >= 0.6 is 0 Å². The lowest BCUT2D eigenvalue weighted by atomic mass is 10.1. The normalized spacial score (nSPS) is 10.6. The fourth-order valence-corrected chi connectivity index (χ4v) is 1.60. The molecule has 1 rings (SSSR count). The van der Waals surface area contributed by atoms with E-state index in [0.29, 0.717) is 0 Å². The minimum absolute atomic E-state index is 0.120. The molecule has 0 bridgehead atoms. The maximum atomic E-state index is 12.2. The van der Waals surface area contributed by atoms with E-state index < -0.39 is 0 Å². The SMILES string of the molecule is CCN(CCN(C)C)C(=O)c1ccc(C)cc1. The molecular weight excluding hydrogens is 212 g/mol. The quantitative estimate of drug-likeness (QED) is 0.778. The third-order valence-electron chi connectivity index (χ3n) is 2.78. The Bertz CT molecular complexity index is 357. The first kappa shape index (κ1) is 13.7. The van der Waals surface area contributed by atoms with Crippen molar-refractivity contribution in [2.45, 2.75) is 13.8 Å². The lowest BCUT2D eigenvalue weighted by Gasteiger charge is -2.23. The standard InChI is InChI=1S/C14H22N2O/c1-5-16(11-10-15(3)4)14(17)13-8-6-12(2)7-9-13/h6-9H,5,10-11H2,1-4H3. The van der Waals surface area contributed by atoms with Crippen molar-refractivity contribution in [3.63, 3.8) is 0 Å². The predicted octanol–water partition coefficient (Wildman–Crippen LogP) is 2.02. The maximum absolute atomic E-state index is 12.2. The highest BCUT2D eigenvalue weighted by molar-refractivity contribution is 5.94. The number of carbonyl (C=O) groups excluding carboxylic acids is 1. The first-order valence-electron chi connectivity index (χ1n) is 6.05. The Morgan fingerprint density at radius 3 is 2.18 bits per heavy atom. The number of benzene rings is 1. The third-order valence-corrected chi connectivity index (χ3v) is 2.78. The minimum Gasteiger partial charge on any atom is -0.338 e. The van der Waals surface area contributed by atoms with E-state index in [4.69, 9.17) is 0 Å². The van der Waals surface area contributed by atoms with Crippen molar-refractivity contribution in [3.05, 3.63) is 35.4 Å². The Morgan fingerprint density at radius 1 is 1.12 bits per heavy atom. The van der Waals surface area contributed by atoms with E-state index in [-0.39, 0.29) is 5.91 Å². The highest BCUT2D eigenvalue weighted by atomic mass is 16.2.